The van der Waals surface area contributed by atoms with Crippen molar-refractivity contribution in [2.24, 2.45) is 0 Å². The van der Waals surface area contributed by atoms with Crippen LogP contribution in [0.3, 0.4) is 0 Å². The van der Waals surface area contributed by atoms with Crippen LogP contribution in [-0.4, -0.2) is 29.0 Å². The van der Waals surface area contributed by atoms with Gasteiger partial charge < -0.3 is 10.2 Å². The molecule has 1 aliphatic rings. The van der Waals surface area contributed by atoms with Crippen LogP contribution in [0, 0.1) is 3.57 Å². The third-order valence-corrected chi connectivity index (χ3v) is 4.35. The van der Waals surface area contributed by atoms with Gasteiger partial charge in [-0.05, 0) is 65.8 Å². The smallest absolute Gasteiger partial charge is 0.251 e. The summed E-state index contributed by atoms with van der Waals surface area (Å²) >= 11 is 2.22. The zero-order valence-electron chi connectivity index (χ0n) is 12.1. The molecule has 0 aliphatic carbocycles. The van der Waals surface area contributed by atoms with Gasteiger partial charge in [0.05, 0.1) is 6.54 Å². The van der Waals surface area contributed by atoms with Crippen molar-refractivity contribution in [3.8, 4) is 0 Å². The minimum atomic E-state index is -0.105. The number of aromatic nitrogens is 2. The van der Waals surface area contributed by atoms with Crippen molar-refractivity contribution in [2.45, 2.75) is 19.4 Å². The lowest BCUT2D eigenvalue weighted by molar-refractivity contribution is 0.0950. The minimum Gasteiger partial charge on any atom is -0.357 e. The van der Waals surface area contributed by atoms with Crippen LogP contribution < -0.4 is 10.2 Å². The molecule has 1 N–H and O–H groups in total. The summed E-state index contributed by atoms with van der Waals surface area (Å²) in [6, 6.07) is 9.40. The predicted molar refractivity (Wildman–Crippen MR) is 93.8 cm³/mol. The van der Waals surface area contributed by atoms with Crippen LogP contribution in [0.1, 0.15) is 29.0 Å². The molecule has 0 spiro atoms. The fraction of sp³-hybridized carbons (Fsp3) is 0.312. The van der Waals surface area contributed by atoms with Crippen LogP contribution >= 0.6 is 22.6 Å². The minimum absolute atomic E-state index is 0.105. The van der Waals surface area contributed by atoms with Crippen LogP contribution in [0.25, 0.3) is 0 Å². The number of hydrogen-bond donors (Lipinski definition) is 1. The molecule has 1 fully saturated rings. The number of halogens is 1. The molecule has 1 aromatic heterocycles. The summed E-state index contributed by atoms with van der Waals surface area (Å²) in [6.07, 6.45) is 4.18. The Hall–Kier alpha value is -1.70. The number of rotatable bonds is 4. The summed E-state index contributed by atoms with van der Waals surface area (Å²) in [6.45, 7) is 2.43. The fourth-order valence-corrected chi connectivity index (χ4v) is 2.82. The molecule has 1 aromatic carbocycles. The third kappa shape index (κ3) is 3.73. The molecule has 5 nitrogen and oxygen atoms in total. The van der Waals surface area contributed by atoms with Crippen molar-refractivity contribution in [1.29, 1.82) is 0 Å². The van der Waals surface area contributed by atoms with E-state index in [9.17, 15) is 4.79 Å². The predicted octanol–water partition coefficient (Wildman–Crippen LogP) is 2.61. The summed E-state index contributed by atoms with van der Waals surface area (Å²) in [5.74, 6) is 1.49. The first-order chi connectivity index (χ1) is 10.7. The van der Waals surface area contributed by atoms with E-state index in [1.165, 1.54) is 12.8 Å². The van der Waals surface area contributed by atoms with E-state index in [1.54, 1.807) is 6.20 Å². The molecular weight excluding hydrogens is 391 g/mol. The van der Waals surface area contributed by atoms with Crippen molar-refractivity contribution >= 4 is 34.3 Å². The molecule has 22 heavy (non-hydrogen) atoms. The van der Waals surface area contributed by atoms with E-state index in [0.29, 0.717) is 17.9 Å². The van der Waals surface area contributed by atoms with E-state index >= 15 is 0 Å². The molecule has 1 amide bonds. The van der Waals surface area contributed by atoms with Crippen molar-refractivity contribution in [1.82, 2.24) is 15.3 Å². The van der Waals surface area contributed by atoms with E-state index in [1.807, 2.05) is 30.3 Å². The Labute approximate surface area is 143 Å². The molecule has 3 rings (SSSR count). The topological polar surface area (TPSA) is 58.1 Å². The lowest BCUT2D eigenvalue weighted by atomic mass is 10.2. The summed E-state index contributed by atoms with van der Waals surface area (Å²) in [5.41, 5.74) is 0.649. The van der Waals surface area contributed by atoms with Gasteiger partial charge in [-0.15, -0.1) is 0 Å². The maximum absolute atomic E-state index is 12.1. The van der Waals surface area contributed by atoms with Gasteiger partial charge in [-0.2, -0.15) is 0 Å². The molecule has 0 radical (unpaired) electrons. The van der Waals surface area contributed by atoms with E-state index in [-0.39, 0.29) is 5.91 Å². The Morgan fingerprint density at radius 2 is 1.91 bits per heavy atom. The average molecular weight is 408 g/mol. The van der Waals surface area contributed by atoms with E-state index in [2.05, 4.69) is 42.8 Å². The van der Waals surface area contributed by atoms with Gasteiger partial charge in [-0.3, -0.25) is 4.79 Å². The Kier molecular flexibility index (Phi) is 4.87. The summed E-state index contributed by atoms with van der Waals surface area (Å²) in [4.78, 5) is 23.1. The van der Waals surface area contributed by atoms with Crippen molar-refractivity contribution in [3.05, 3.63) is 51.5 Å². The number of anilines is 1. The maximum atomic E-state index is 12.1. The van der Waals surface area contributed by atoms with Gasteiger partial charge in [0, 0.05) is 28.4 Å². The number of nitrogens with zero attached hydrogens (tertiary/aromatic N) is 3. The zero-order chi connectivity index (χ0) is 15.4. The summed E-state index contributed by atoms with van der Waals surface area (Å²) < 4.78 is 1.11. The van der Waals surface area contributed by atoms with Crippen molar-refractivity contribution in [2.75, 3.05) is 18.0 Å². The number of carbonyl (C=O) groups is 1. The number of carbonyl (C=O) groups excluding carboxylic acids is 1. The number of nitrogens with one attached hydrogen (secondary N) is 1. The lowest BCUT2D eigenvalue weighted by Crippen LogP contribution is -2.25. The Morgan fingerprint density at radius 1 is 1.18 bits per heavy atom. The molecule has 1 saturated heterocycles. The Morgan fingerprint density at radius 3 is 2.64 bits per heavy atom. The summed E-state index contributed by atoms with van der Waals surface area (Å²) in [5, 5.41) is 2.87. The summed E-state index contributed by atoms with van der Waals surface area (Å²) in [7, 11) is 0. The first-order valence-electron chi connectivity index (χ1n) is 7.33. The van der Waals surface area contributed by atoms with Gasteiger partial charge in [0.25, 0.3) is 5.91 Å². The highest BCUT2D eigenvalue weighted by Gasteiger charge is 2.14. The van der Waals surface area contributed by atoms with Crippen molar-refractivity contribution < 1.29 is 4.79 Å². The van der Waals surface area contributed by atoms with E-state index in [0.717, 1.165) is 22.5 Å². The molecule has 0 bridgehead atoms. The van der Waals surface area contributed by atoms with Crippen LogP contribution in [0.15, 0.2) is 36.5 Å². The molecule has 0 atom stereocenters. The highest BCUT2D eigenvalue weighted by molar-refractivity contribution is 14.1. The Balaban J connectivity index is 1.62. The highest BCUT2D eigenvalue weighted by atomic mass is 127. The largest absolute Gasteiger partial charge is 0.357 e. The van der Waals surface area contributed by atoms with Crippen LogP contribution in [0.5, 0.6) is 0 Å². The van der Waals surface area contributed by atoms with Gasteiger partial charge in [-0.25, -0.2) is 9.97 Å². The first kappa shape index (κ1) is 15.2. The van der Waals surface area contributed by atoms with E-state index in [4.69, 9.17) is 0 Å². The molecule has 0 saturated carbocycles. The number of hydrogen-bond acceptors (Lipinski definition) is 4. The van der Waals surface area contributed by atoms with Crippen molar-refractivity contribution in [3.63, 3.8) is 0 Å². The SMILES string of the molecule is O=C(NCc1nccc(N2CCCC2)n1)c1ccc(I)cc1. The second kappa shape index (κ2) is 7.04. The molecule has 2 heterocycles. The first-order valence-corrected chi connectivity index (χ1v) is 8.41. The maximum Gasteiger partial charge on any atom is 0.251 e. The molecule has 114 valence electrons. The van der Waals surface area contributed by atoms with Gasteiger partial charge in [-0.1, -0.05) is 0 Å². The average Bonchev–Trinajstić information content (AvgIpc) is 3.08. The molecule has 6 heteroatoms. The standard InChI is InChI=1S/C16H17IN4O/c17-13-5-3-12(4-6-13)16(22)19-11-14-18-8-7-15(20-14)21-9-1-2-10-21/h3-8H,1-2,9-11H2,(H,19,22). The van der Waals surface area contributed by atoms with E-state index < -0.39 is 0 Å². The van der Waals surface area contributed by atoms with Crippen LogP contribution in [-0.2, 0) is 6.54 Å². The molecule has 2 aromatic rings. The number of benzene rings is 1. The van der Waals surface area contributed by atoms with Crippen LogP contribution in [0.4, 0.5) is 5.82 Å². The third-order valence-electron chi connectivity index (χ3n) is 3.63. The normalized spacial score (nSPS) is 14.1. The van der Waals surface area contributed by atoms with Gasteiger partial charge in [0.15, 0.2) is 0 Å². The second-order valence-corrected chi connectivity index (χ2v) is 6.46. The molecule has 1 aliphatic heterocycles. The van der Waals surface area contributed by atoms with Crippen LogP contribution in [0.2, 0.25) is 0 Å². The highest BCUT2D eigenvalue weighted by Crippen LogP contribution is 2.16. The lowest BCUT2D eigenvalue weighted by Gasteiger charge is -2.16. The quantitative estimate of drug-likeness (QED) is 0.791. The van der Waals surface area contributed by atoms with Gasteiger partial charge >= 0.3 is 0 Å². The van der Waals surface area contributed by atoms with Gasteiger partial charge in [0.2, 0.25) is 0 Å². The molecule has 0 unspecified atom stereocenters. The van der Waals surface area contributed by atoms with Gasteiger partial charge in [0.1, 0.15) is 11.6 Å². The Bertz CT molecular complexity index is 653. The monoisotopic (exact) mass is 408 g/mol. The zero-order valence-corrected chi connectivity index (χ0v) is 14.3. The second-order valence-electron chi connectivity index (χ2n) is 5.21. The molecular formula is C16H17IN4O. The number of amides is 1. The fourth-order valence-electron chi connectivity index (χ4n) is 2.46.